The van der Waals surface area contributed by atoms with Crippen molar-refractivity contribution < 1.29 is 27.8 Å². The van der Waals surface area contributed by atoms with Gasteiger partial charge < -0.3 is 14.4 Å². The first-order valence-electron chi connectivity index (χ1n) is 8.79. The van der Waals surface area contributed by atoms with Crippen LogP contribution in [0.3, 0.4) is 0 Å². The number of rotatable bonds is 6. The standard InChI is InChI=1S/C21H19F2NO4/c22-18-7-1-15(13-19(18)23)2-8-20(25)16-3-5-17(6-4-16)28-14-21(26)24-9-11-27-12-10-24/h1-8,13H,9-12,14H2/b8-2+. The van der Waals surface area contributed by atoms with E-state index in [1.807, 2.05) is 0 Å². The van der Waals surface area contributed by atoms with Crippen LogP contribution in [0.25, 0.3) is 6.08 Å². The number of halogens is 2. The third kappa shape index (κ3) is 5.23. The average molecular weight is 387 g/mol. The lowest BCUT2D eigenvalue weighted by atomic mass is 10.1. The van der Waals surface area contributed by atoms with Gasteiger partial charge in [-0.1, -0.05) is 12.1 Å². The molecule has 3 rings (SSSR count). The van der Waals surface area contributed by atoms with Crippen molar-refractivity contribution in [1.29, 1.82) is 0 Å². The molecule has 1 aliphatic rings. The van der Waals surface area contributed by atoms with E-state index in [0.717, 1.165) is 12.1 Å². The van der Waals surface area contributed by atoms with Gasteiger partial charge in [0.15, 0.2) is 24.0 Å². The molecule has 7 heteroatoms. The Kier molecular flexibility index (Phi) is 6.49. The van der Waals surface area contributed by atoms with E-state index in [1.54, 1.807) is 29.2 Å². The van der Waals surface area contributed by atoms with Crippen LogP contribution in [-0.2, 0) is 9.53 Å². The zero-order valence-electron chi connectivity index (χ0n) is 15.1. The summed E-state index contributed by atoms with van der Waals surface area (Å²) in [6.07, 6.45) is 2.70. The van der Waals surface area contributed by atoms with Gasteiger partial charge in [0.1, 0.15) is 5.75 Å². The predicted molar refractivity (Wildman–Crippen MR) is 99.1 cm³/mol. The normalized spacial score (nSPS) is 14.3. The summed E-state index contributed by atoms with van der Waals surface area (Å²) in [5.41, 5.74) is 0.791. The Bertz CT molecular complexity index is 874. The first kappa shape index (κ1) is 19.7. The van der Waals surface area contributed by atoms with Gasteiger partial charge in [0.2, 0.25) is 0 Å². The zero-order valence-corrected chi connectivity index (χ0v) is 15.1. The van der Waals surface area contributed by atoms with Gasteiger partial charge in [0, 0.05) is 18.7 Å². The smallest absolute Gasteiger partial charge is 0.260 e. The minimum atomic E-state index is -0.970. The van der Waals surface area contributed by atoms with E-state index < -0.39 is 11.6 Å². The van der Waals surface area contributed by atoms with E-state index in [1.165, 1.54) is 18.2 Å². The number of ether oxygens (including phenoxy) is 2. The molecule has 0 spiro atoms. The van der Waals surface area contributed by atoms with E-state index in [-0.39, 0.29) is 18.3 Å². The molecule has 0 N–H and O–H groups in total. The number of nitrogens with zero attached hydrogens (tertiary/aromatic N) is 1. The minimum absolute atomic E-state index is 0.0800. The van der Waals surface area contributed by atoms with Gasteiger partial charge in [-0.25, -0.2) is 8.78 Å². The fourth-order valence-corrected chi connectivity index (χ4v) is 2.65. The monoisotopic (exact) mass is 387 g/mol. The van der Waals surface area contributed by atoms with E-state index >= 15 is 0 Å². The van der Waals surface area contributed by atoms with Crippen LogP contribution < -0.4 is 4.74 Å². The van der Waals surface area contributed by atoms with Crippen LogP contribution in [0.5, 0.6) is 5.75 Å². The number of allylic oxidation sites excluding steroid dienone is 1. The first-order chi connectivity index (χ1) is 13.5. The quantitative estimate of drug-likeness (QED) is 0.565. The fraction of sp³-hybridized carbons (Fsp3) is 0.238. The van der Waals surface area contributed by atoms with Crippen molar-refractivity contribution in [3.05, 3.63) is 71.3 Å². The van der Waals surface area contributed by atoms with E-state index in [4.69, 9.17) is 9.47 Å². The largest absolute Gasteiger partial charge is 0.484 e. The molecule has 0 saturated carbocycles. The van der Waals surface area contributed by atoms with Gasteiger partial charge in [-0.3, -0.25) is 9.59 Å². The number of ketones is 1. The highest BCUT2D eigenvalue weighted by atomic mass is 19.2. The van der Waals surface area contributed by atoms with Gasteiger partial charge in [-0.2, -0.15) is 0 Å². The second-order valence-electron chi connectivity index (χ2n) is 6.18. The summed E-state index contributed by atoms with van der Waals surface area (Å²) in [5, 5.41) is 0. The van der Waals surface area contributed by atoms with Crippen LogP contribution in [0.2, 0.25) is 0 Å². The van der Waals surface area contributed by atoms with Crippen molar-refractivity contribution in [3.8, 4) is 5.75 Å². The molecule has 0 aromatic heterocycles. The molecule has 1 heterocycles. The summed E-state index contributed by atoms with van der Waals surface area (Å²) in [6, 6.07) is 9.76. The van der Waals surface area contributed by atoms with E-state index in [2.05, 4.69) is 0 Å². The van der Waals surface area contributed by atoms with Crippen molar-refractivity contribution in [2.75, 3.05) is 32.9 Å². The summed E-state index contributed by atoms with van der Waals surface area (Å²) >= 11 is 0. The van der Waals surface area contributed by atoms with Gasteiger partial charge >= 0.3 is 0 Å². The van der Waals surface area contributed by atoms with Crippen LogP contribution in [0.4, 0.5) is 8.78 Å². The Morgan fingerprint density at radius 2 is 1.75 bits per heavy atom. The molecule has 1 fully saturated rings. The Hall–Kier alpha value is -3.06. The van der Waals surface area contributed by atoms with Crippen molar-refractivity contribution in [1.82, 2.24) is 4.90 Å². The molecule has 0 bridgehead atoms. The van der Waals surface area contributed by atoms with Crippen LogP contribution >= 0.6 is 0 Å². The first-order valence-corrected chi connectivity index (χ1v) is 8.79. The van der Waals surface area contributed by atoms with Gasteiger partial charge in [-0.05, 0) is 48.0 Å². The minimum Gasteiger partial charge on any atom is -0.484 e. The highest BCUT2D eigenvalue weighted by molar-refractivity contribution is 6.06. The summed E-state index contributed by atoms with van der Waals surface area (Å²) in [7, 11) is 0. The SMILES string of the molecule is O=C(/C=C/c1ccc(F)c(F)c1)c1ccc(OCC(=O)N2CCOCC2)cc1. The third-order valence-corrected chi connectivity index (χ3v) is 4.24. The second kappa shape index (κ2) is 9.23. The molecule has 28 heavy (non-hydrogen) atoms. The lowest BCUT2D eigenvalue weighted by Crippen LogP contribution is -2.42. The van der Waals surface area contributed by atoms with Crippen molar-refractivity contribution in [2.24, 2.45) is 0 Å². The molecule has 2 aromatic rings. The Balaban J connectivity index is 1.54. The summed E-state index contributed by atoms with van der Waals surface area (Å²) in [6.45, 7) is 2.09. The maximum atomic E-state index is 13.2. The van der Waals surface area contributed by atoms with Crippen LogP contribution in [0.1, 0.15) is 15.9 Å². The van der Waals surface area contributed by atoms with E-state index in [0.29, 0.717) is 43.2 Å². The number of carbonyl (C=O) groups is 2. The van der Waals surface area contributed by atoms with Crippen LogP contribution in [-0.4, -0.2) is 49.5 Å². The molecule has 1 aliphatic heterocycles. The Labute approximate surface area is 161 Å². The highest BCUT2D eigenvalue weighted by Gasteiger charge is 2.17. The van der Waals surface area contributed by atoms with Gasteiger partial charge in [0.25, 0.3) is 5.91 Å². The lowest BCUT2D eigenvalue weighted by Gasteiger charge is -2.26. The zero-order chi connectivity index (χ0) is 19.9. The molecule has 0 aliphatic carbocycles. The number of amides is 1. The van der Waals surface area contributed by atoms with Crippen molar-refractivity contribution in [3.63, 3.8) is 0 Å². The van der Waals surface area contributed by atoms with Gasteiger partial charge in [-0.15, -0.1) is 0 Å². The molecule has 0 atom stereocenters. The molecular weight excluding hydrogens is 368 g/mol. The number of morpholine rings is 1. The molecule has 1 saturated heterocycles. The molecule has 5 nitrogen and oxygen atoms in total. The van der Waals surface area contributed by atoms with Crippen LogP contribution in [0.15, 0.2) is 48.5 Å². The maximum Gasteiger partial charge on any atom is 0.260 e. The lowest BCUT2D eigenvalue weighted by molar-refractivity contribution is -0.137. The molecule has 0 radical (unpaired) electrons. The van der Waals surface area contributed by atoms with Crippen LogP contribution in [0, 0.1) is 11.6 Å². The number of hydrogen-bond donors (Lipinski definition) is 0. The number of carbonyl (C=O) groups excluding carboxylic acids is 2. The molecule has 0 unspecified atom stereocenters. The topological polar surface area (TPSA) is 55.8 Å². The van der Waals surface area contributed by atoms with E-state index in [9.17, 15) is 18.4 Å². The Morgan fingerprint density at radius 1 is 1.04 bits per heavy atom. The number of benzene rings is 2. The van der Waals surface area contributed by atoms with Crippen molar-refractivity contribution >= 4 is 17.8 Å². The maximum absolute atomic E-state index is 13.2. The molecule has 146 valence electrons. The predicted octanol–water partition coefficient (Wildman–Crippen LogP) is 3.10. The average Bonchev–Trinajstić information content (AvgIpc) is 2.73. The number of hydrogen-bond acceptors (Lipinski definition) is 4. The summed E-state index contributed by atoms with van der Waals surface area (Å²) in [5.74, 6) is -1.84. The molecule has 1 amide bonds. The highest BCUT2D eigenvalue weighted by Crippen LogP contribution is 2.15. The second-order valence-corrected chi connectivity index (χ2v) is 6.18. The van der Waals surface area contributed by atoms with Gasteiger partial charge in [0.05, 0.1) is 13.2 Å². The summed E-state index contributed by atoms with van der Waals surface area (Å²) in [4.78, 5) is 25.9. The fourth-order valence-electron chi connectivity index (χ4n) is 2.65. The third-order valence-electron chi connectivity index (χ3n) is 4.24. The molecular formula is C21H19F2NO4. The van der Waals surface area contributed by atoms with Crippen molar-refractivity contribution in [2.45, 2.75) is 0 Å². The summed E-state index contributed by atoms with van der Waals surface area (Å²) < 4.78 is 36.8. The Morgan fingerprint density at radius 3 is 2.43 bits per heavy atom. The molecule has 2 aromatic carbocycles.